The first-order chi connectivity index (χ1) is 46.5. The zero-order chi connectivity index (χ0) is 67.8. The molecule has 0 spiro atoms. The van der Waals surface area contributed by atoms with Gasteiger partial charge in [0.15, 0.2) is 5.69 Å². The second-order valence-corrected chi connectivity index (χ2v) is 19.0. The average molecular weight is 1680 g/mol. The number of hydrogen-bond acceptors (Lipinski definition) is 11. The molecule has 14 rings (SSSR count). The van der Waals surface area contributed by atoms with Gasteiger partial charge in [0, 0.05) is 95.5 Å². The number of benzene rings is 5. The van der Waals surface area contributed by atoms with E-state index in [2.05, 4.69) is 94.4 Å². The third kappa shape index (κ3) is 21.2. The number of hydrogen-bond donors (Lipinski definition) is 0. The minimum absolute atomic E-state index is 0. The molecule has 0 amide bonds. The molecule has 5 aromatic carbocycles. The summed E-state index contributed by atoms with van der Waals surface area (Å²) in [7, 11) is 0. The van der Waals surface area contributed by atoms with Crippen molar-refractivity contribution in [2.45, 2.75) is 6.18 Å². The maximum absolute atomic E-state index is 13.2. The third-order valence-corrected chi connectivity index (χ3v) is 12.4. The van der Waals surface area contributed by atoms with Crippen LogP contribution in [0.4, 0.5) is 54.0 Å². The van der Waals surface area contributed by atoms with Crippen molar-refractivity contribution >= 4 is 5.69 Å². The van der Waals surface area contributed by atoms with Crippen LogP contribution in [0, 0.1) is 77.4 Å². The smallest absolute Gasteiger partial charge is 0.417 e. The fourth-order valence-corrected chi connectivity index (χ4v) is 7.92. The Morgan fingerprint density at radius 3 is 0.908 bits per heavy atom. The molecular weight excluding hydrogens is 1640 g/mol. The van der Waals surface area contributed by atoms with Gasteiger partial charge in [0.2, 0.25) is 0 Å². The van der Waals surface area contributed by atoms with Gasteiger partial charge in [-0.3, -0.25) is 60.3 Å². The SMILES string of the molecule is FC(F)(F)c1ccc(-c2n[n-]c(-c3ccccn3)n2)cn1.Fc1c[c-]c(-c2ccccn2)c(F)c1.Fc1c[c-]c(-c2ccccn2)c(F)c1.Fc1c[c-]c(-c2ccccn2)c(F)c1.Fc1c[c-]c(-c2ccccn2)c(F)c1.[C-]#[N+]c1ccc(-c2n[n-]c(-c3ccccn3)n2)cc1.[Ir+3].[Ir+3]. The molecule has 488 valence electrons. The molecule has 14 nitrogen and oxygen atoms in total. The van der Waals surface area contributed by atoms with Crippen LogP contribution in [0.5, 0.6) is 0 Å². The number of pyridine rings is 7. The maximum atomic E-state index is 13.2. The standard InChI is InChI=1S/C14H8N5.C13H7F3N5.4C11H6F2N.2Ir/c1-15-11-7-5-10(6-8-11)13-17-14(19-18-13)12-4-2-3-9-16-12;14-13(15,16)10-5-4-8(7-18-10)11-19-12(21-20-11)9-3-1-2-6-17-9;4*12-8-4-5-9(10(13)7-8)11-3-1-2-6-14-11;;/h2-9H;1-7H;4*1-4,6-7H;;/q6*-1;2*+3. The summed E-state index contributed by atoms with van der Waals surface area (Å²) in [5.41, 5.74) is 4.60. The summed E-state index contributed by atoms with van der Waals surface area (Å²) in [6.45, 7) is 6.91. The molecule has 0 aliphatic carbocycles. The monoisotopic (exact) mass is 1680 g/mol. The van der Waals surface area contributed by atoms with Crippen molar-refractivity contribution in [3.05, 3.63) is 325 Å². The summed E-state index contributed by atoms with van der Waals surface area (Å²) >= 11 is 0. The normalized spacial score (nSPS) is 10.2. The second-order valence-electron chi connectivity index (χ2n) is 19.0. The Hall–Kier alpha value is -11.6. The Morgan fingerprint density at radius 2 is 0.653 bits per heavy atom. The predicted octanol–water partition coefficient (Wildman–Crippen LogP) is 16.6. The van der Waals surface area contributed by atoms with E-state index in [1.807, 2.05) is 30.3 Å². The summed E-state index contributed by atoms with van der Waals surface area (Å²) < 4.78 is 140. The Bertz CT molecular complexity index is 4450. The fraction of sp³-hybridized carbons (Fsp3) is 0.0141. The van der Waals surface area contributed by atoms with E-state index < -0.39 is 58.4 Å². The van der Waals surface area contributed by atoms with Crippen molar-refractivity contribution in [2.75, 3.05) is 0 Å². The minimum Gasteiger partial charge on any atom is -0.417 e. The molecule has 0 N–H and O–H groups in total. The van der Waals surface area contributed by atoms with Gasteiger partial charge in [0.25, 0.3) is 0 Å². The van der Waals surface area contributed by atoms with Crippen LogP contribution < -0.4 is 10.2 Å². The van der Waals surface area contributed by atoms with Crippen LogP contribution >= 0.6 is 0 Å². The molecule has 0 saturated heterocycles. The molecule has 9 aromatic heterocycles. The molecule has 98 heavy (non-hydrogen) atoms. The first kappa shape index (κ1) is 73.9. The van der Waals surface area contributed by atoms with Crippen molar-refractivity contribution in [3.63, 3.8) is 0 Å². The number of rotatable bonds is 8. The van der Waals surface area contributed by atoms with Crippen LogP contribution in [0.3, 0.4) is 0 Å². The third-order valence-electron chi connectivity index (χ3n) is 12.4. The fourth-order valence-electron chi connectivity index (χ4n) is 7.92. The molecule has 0 radical (unpaired) electrons. The van der Waals surface area contributed by atoms with Crippen LogP contribution in [0.15, 0.2) is 238 Å². The molecule has 9 heterocycles. The molecular formula is C71H39F11Ir2N14. The van der Waals surface area contributed by atoms with E-state index in [4.69, 9.17) is 6.57 Å². The van der Waals surface area contributed by atoms with Crippen molar-refractivity contribution in [1.82, 2.24) is 65.3 Å². The molecule has 0 bridgehead atoms. The van der Waals surface area contributed by atoms with E-state index in [1.165, 1.54) is 6.07 Å². The largest absolute Gasteiger partial charge is 3.00 e. The van der Waals surface area contributed by atoms with Crippen LogP contribution in [0.1, 0.15) is 5.69 Å². The summed E-state index contributed by atoms with van der Waals surface area (Å²) in [4.78, 5) is 39.2. The topological polar surface area (TPSA) is 174 Å². The Balaban J connectivity index is 0.000000166. The van der Waals surface area contributed by atoms with Gasteiger partial charge in [-0.2, -0.15) is 13.2 Å². The number of aromatic nitrogens is 13. The Labute approximate surface area is 578 Å². The first-order valence-electron chi connectivity index (χ1n) is 27.7. The Morgan fingerprint density at radius 1 is 0.357 bits per heavy atom. The number of alkyl halides is 3. The molecule has 0 aliphatic heterocycles. The van der Waals surface area contributed by atoms with E-state index in [-0.39, 0.29) is 68.3 Å². The van der Waals surface area contributed by atoms with Crippen molar-refractivity contribution in [2.24, 2.45) is 0 Å². The van der Waals surface area contributed by atoms with Gasteiger partial charge in [-0.05, 0) is 101 Å². The first-order valence-corrected chi connectivity index (χ1v) is 27.7. The van der Waals surface area contributed by atoms with Crippen LogP contribution in [-0.4, -0.2) is 55.1 Å². The molecule has 0 unspecified atom stereocenters. The van der Waals surface area contributed by atoms with E-state index in [1.54, 1.807) is 140 Å². The van der Waals surface area contributed by atoms with Gasteiger partial charge < -0.3 is 40.1 Å². The van der Waals surface area contributed by atoms with E-state index in [0.717, 1.165) is 66.4 Å². The van der Waals surface area contributed by atoms with Gasteiger partial charge in [0.05, 0.1) is 29.6 Å². The van der Waals surface area contributed by atoms with Crippen molar-refractivity contribution < 1.29 is 88.5 Å². The van der Waals surface area contributed by atoms with Crippen molar-refractivity contribution in [3.8, 4) is 90.8 Å². The van der Waals surface area contributed by atoms with Gasteiger partial charge >= 0.3 is 46.4 Å². The zero-order valence-electron chi connectivity index (χ0n) is 49.6. The number of nitrogens with zero attached hydrogens (tertiary/aromatic N) is 14. The van der Waals surface area contributed by atoms with Crippen LogP contribution in [0.25, 0.3) is 95.7 Å². The molecule has 0 fully saturated rings. The summed E-state index contributed by atoms with van der Waals surface area (Å²) in [5, 5.41) is 15.8. The van der Waals surface area contributed by atoms with E-state index >= 15 is 0 Å². The van der Waals surface area contributed by atoms with Gasteiger partial charge in [-0.15, -0.1) is 48.5 Å². The molecule has 0 atom stereocenters. The van der Waals surface area contributed by atoms with Gasteiger partial charge in [-0.25, -0.2) is 4.85 Å². The molecule has 0 saturated carbocycles. The quantitative estimate of drug-likeness (QED) is 0.104. The van der Waals surface area contributed by atoms with Crippen LogP contribution in [-0.2, 0) is 46.4 Å². The average Bonchev–Trinajstić information content (AvgIpc) is 1.70. The maximum Gasteiger partial charge on any atom is 3.00 e. The predicted molar refractivity (Wildman–Crippen MR) is 331 cm³/mol. The molecule has 0 aliphatic rings. The minimum atomic E-state index is -4.47. The molecule has 27 heteroatoms. The second kappa shape index (κ2) is 36.4. The van der Waals surface area contributed by atoms with Gasteiger partial charge in [0.1, 0.15) is 5.69 Å². The summed E-state index contributed by atoms with van der Waals surface area (Å²) in [5.74, 6) is -3.59. The summed E-state index contributed by atoms with van der Waals surface area (Å²) in [6, 6.07) is 58.1. The number of halogens is 11. The summed E-state index contributed by atoms with van der Waals surface area (Å²) in [6.07, 6.45) is 6.07. The van der Waals surface area contributed by atoms with E-state index in [9.17, 15) is 48.3 Å². The van der Waals surface area contributed by atoms with Crippen molar-refractivity contribution in [1.29, 1.82) is 0 Å². The van der Waals surface area contributed by atoms with E-state index in [0.29, 0.717) is 62.9 Å². The Kier molecular flexibility index (Phi) is 27.4. The zero-order valence-corrected chi connectivity index (χ0v) is 54.4. The molecule has 14 aromatic rings. The van der Waals surface area contributed by atoms with Gasteiger partial charge in [-0.1, -0.05) is 131 Å². The van der Waals surface area contributed by atoms with Crippen LogP contribution in [0.2, 0.25) is 0 Å².